The van der Waals surface area contributed by atoms with Crippen LogP contribution in [0.1, 0.15) is 6.42 Å². The molecular formula is C17H23ClN2O7S. The van der Waals surface area contributed by atoms with Crippen molar-refractivity contribution < 1.29 is 32.9 Å². The number of halogens is 1. The van der Waals surface area contributed by atoms with Crippen molar-refractivity contribution in [2.45, 2.75) is 35.7 Å². The van der Waals surface area contributed by atoms with Crippen molar-refractivity contribution in [3.05, 3.63) is 29.3 Å². The highest BCUT2D eigenvalue weighted by Crippen LogP contribution is 2.25. The molecule has 0 spiro atoms. The SMILES string of the molecule is O=C(C[C@@H]1O[C@@H](CNS(=O)(=O)c2ccc(Cl)cc2)[C@@H](O)[C@H]1O)N1CCOCC1. The van der Waals surface area contributed by atoms with Crippen molar-refractivity contribution in [3.63, 3.8) is 0 Å². The molecule has 9 nitrogen and oxygen atoms in total. The van der Waals surface area contributed by atoms with Gasteiger partial charge in [0.25, 0.3) is 0 Å². The fraction of sp³-hybridized carbons (Fsp3) is 0.588. The minimum Gasteiger partial charge on any atom is -0.388 e. The molecule has 0 saturated carbocycles. The number of aliphatic hydroxyl groups is 2. The first-order chi connectivity index (χ1) is 13.3. The third-order valence-corrected chi connectivity index (χ3v) is 6.49. The van der Waals surface area contributed by atoms with E-state index in [9.17, 15) is 23.4 Å². The summed E-state index contributed by atoms with van der Waals surface area (Å²) in [5.41, 5.74) is 0. The van der Waals surface area contributed by atoms with Crippen molar-refractivity contribution in [1.82, 2.24) is 9.62 Å². The Hall–Kier alpha value is -1.27. The van der Waals surface area contributed by atoms with Crippen LogP contribution >= 0.6 is 11.6 Å². The smallest absolute Gasteiger partial charge is 0.240 e. The highest BCUT2D eigenvalue weighted by molar-refractivity contribution is 7.89. The van der Waals surface area contributed by atoms with Gasteiger partial charge in [-0.05, 0) is 24.3 Å². The third kappa shape index (κ3) is 5.01. The maximum absolute atomic E-state index is 12.3. The van der Waals surface area contributed by atoms with Crippen LogP contribution in [0.15, 0.2) is 29.2 Å². The highest BCUT2D eigenvalue weighted by atomic mass is 35.5. The molecule has 1 aromatic rings. The molecule has 156 valence electrons. The number of sulfonamides is 1. The molecule has 0 bridgehead atoms. The van der Waals surface area contributed by atoms with E-state index >= 15 is 0 Å². The van der Waals surface area contributed by atoms with E-state index in [4.69, 9.17) is 21.1 Å². The summed E-state index contributed by atoms with van der Waals surface area (Å²) in [6.45, 7) is 1.60. The lowest BCUT2D eigenvalue weighted by Crippen LogP contribution is -2.43. The maximum Gasteiger partial charge on any atom is 0.240 e. The number of hydrogen-bond donors (Lipinski definition) is 3. The van der Waals surface area contributed by atoms with Gasteiger partial charge in [0.05, 0.1) is 30.6 Å². The summed E-state index contributed by atoms with van der Waals surface area (Å²) in [6, 6.07) is 5.62. The van der Waals surface area contributed by atoms with E-state index in [0.717, 1.165) is 0 Å². The number of morpholine rings is 1. The second kappa shape index (κ2) is 9.04. The molecule has 2 heterocycles. The van der Waals surface area contributed by atoms with Crippen molar-refractivity contribution >= 4 is 27.5 Å². The van der Waals surface area contributed by atoms with E-state index in [1.165, 1.54) is 24.3 Å². The van der Waals surface area contributed by atoms with E-state index in [-0.39, 0.29) is 23.8 Å². The van der Waals surface area contributed by atoms with Gasteiger partial charge >= 0.3 is 0 Å². The second-order valence-electron chi connectivity index (χ2n) is 6.70. The first-order valence-electron chi connectivity index (χ1n) is 8.90. The number of aliphatic hydroxyl groups excluding tert-OH is 2. The molecule has 0 radical (unpaired) electrons. The monoisotopic (exact) mass is 434 g/mol. The molecule has 11 heteroatoms. The van der Waals surface area contributed by atoms with Gasteiger partial charge in [0.15, 0.2) is 0 Å². The van der Waals surface area contributed by atoms with E-state index in [2.05, 4.69) is 4.72 Å². The average molecular weight is 435 g/mol. The van der Waals surface area contributed by atoms with E-state index in [1.54, 1.807) is 4.90 Å². The number of hydrogen-bond acceptors (Lipinski definition) is 7. The van der Waals surface area contributed by atoms with Gasteiger partial charge in [-0.3, -0.25) is 4.79 Å². The fourth-order valence-corrected chi connectivity index (χ4v) is 4.34. The Bertz CT molecular complexity index is 783. The van der Waals surface area contributed by atoms with Crippen molar-refractivity contribution in [2.75, 3.05) is 32.8 Å². The second-order valence-corrected chi connectivity index (χ2v) is 8.90. The van der Waals surface area contributed by atoms with Crippen LogP contribution in [-0.2, 0) is 24.3 Å². The first-order valence-corrected chi connectivity index (χ1v) is 10.8. The standard InChI is InChI=1S/C17H23ClN2O7S/c18-11-1-3-12(4-2-11)28(24,25)19-10-14-17(23)16(22)13(27-14)9-15(21)20-5-7-26-8-6-20/h1-4,13-14,16-17,19,22-23H,5-10H2/t13-,14-,16-,17+/m0/s1. The minimum atomic E-state index is -3.83. The van der Waals surface area contributed by atoms with Gasteiger partial charge in [-0.1, -0.05) is 11.6 Å². The number of carbonyl (C=O) groups is 1. The topological polar surface area (TPSA) is 125 Å². The van der Waals surface area contributed by atoms with Gasteiger partial charge in [-0.15, -0.1) is 0 Å². The zero-order chi connectivity index (χ0) is 20.3. The predicted molar refractivity (Wildman–Crippen MR) is 99.3 cm³/mol. The van der Waals surface area contributed by atoms with Crippen LogP contribution < -0.4 is 4.72 Å². The number of amides is 1. The normalized spacial score (nSPS) is 28.5. The molecule has 0 aliphatic carbocycles. The average Bonchev–Trinajstić information content (AvgIpc) is 2.95. The Morgan fingerprint density at radius 1 is 1.14 bits per heavy atom. The van der Waals surface area contributed by atoms with Crippen LogP contribution in [0.25, 0.3) is 0 Å². The molecule has 4 atom stereocenters. The Morgan fingerprint density at radius 3 is 2.39 bits per heavy atom. The van der Waals surface area contributed by atoms with Crippen LogP contribution in [0.4, 0.5) is 0 Å². The maximum atomic E-state index is 12.3. The Balaban J connectivity index is 1.56. The van der Waals surface area contributed by atoms with E-state index < -0.39 is 34.4 Å². The molecule has 2 fully saturated rings. The van der Waals surface area contributed by atoms with Gasteiger partial charge in [0.1, 0.15) is 18.3 Å². The molecular weight excluding hydrogens is 412 g/mol. The quantitative estimate of drug-likeness (QED) is 0.543. The summed E-state index contributed by atoms with van der Waals surface area (Å²) >= 11 is 5.76. The highest BCUT2D eigenvalue weighted by Gasteiger charge is 2.44. The number of nitrogens with zero attached hydrogens (tertiary/aromatic N) is 1. The van der Waals surface area contributed by atoms with Crippen LogP contribution in [-0.4, -0.2) is 86.7 Å². The number of ether oxygens (including phenoxy) is 2. The molecule has 1 aromatic carbocycles. The van der Waals surface area contributed by atoms with Gasteiger partial charge in [-0.25, -0.2) is 13.1 Å². The van der Waals surface area contributed by atoms with Gasteiger partial charge < -0.3 is 24.6 Å². The predicted octanol–water partition coefficient (Wildman–Crippen LogP) is -0.644. The largest absolute Gasteiger partial charge is 0.388 e. The van der Waals surface area contributed by atoms with E-state index in [1.807, 2.05) is 0 Å². The van der Waals surface area contributed by atoms with Crippen molar-refractivity contribution in [3.8, 4) is 0 Å². The fourth-order valence-electron chi connectivity index (χ4n) is 3.17. The summed E-state index contributed by atoms with van der Waals surface area (Å²) in [5.74, 6) is -0.207. The summed E-state index contributed by atoms with van der Waals surface area (Å²) in [4.78, 5) is 13.9. The minimum absolute atomic E-state index is 0.0176. The van der Waals surface area contributed by atoms with Crippen LogP contribution in [0.5, 0.6) is 0 Å². The molecule has 0 aromatic heterocycles. The zero-order valence-corrected chi connectivity index (χ0v) is 16.6. The van der Waals surface area contributed by atoms with Crippen molar-refractivity contribution in [2.24, 2.45) is 0 Å². The first kappa shape index (κ1) is 21.4. The molecule has 3 N–H and O–H groups in total. The van der Waals surface area contributed by atoms with Gasteiger partial charge in [-0.2, -0.15) is 0 Å². The third-order valence-electron chi connectivity index (χ3n) is 4.80. The van der Waals surface area contributed by atoms with Crippen molar-refractivity contribution in [1.29, 1.82) is 0 Å². The molecule has 2 aliphatic rings. The number of benzene rings is 1. The molecule has 3 rings (SSSR count). The number of rotatable bonds is 6. The van der Waals surface area contributed by atoms with Gasteiger partial charge in [0, 0.05) is 24.7 Å². The lowest BCUT2D eigenvalue weighted by atomic mass is 10.1. The summed E-state index contributed by atoms with van der Waals surface area (Å²) in [6.07, 6.45) is -4.57. The number of nitrogens with one attached hydrogen (secondary N) is 1. The summed E-state index contributed by atoms with van der Waals surface area (Å²) < 4.78 is 37.8. The Kier molecular flexibility index (Phi) is 6.92. The van der Waals surface area contributed by atoms with Crippen LogP contribution in [0.2, 0.25) is 5.02 Å². The lowest BCUT2D eigenvalue weighted by molar-refractivity contribution is -0.139. The molecule has 2 saturated heterocycles. The van der Waals surface area contributed by atoms with Crippen LogP contribution in [0.3, 0.4) is 0 Å². The Labute approximate surface area is 168 Å². The lowest BCUT2D eigenvalue weighted by Gasteiger charge is -2.28. The molecule has 2 aliphatic heterocycles. The van der Waals surface area contributed by atoms with Crippen LogP contribution in [0, 0.1) is 0 Å². The summed E-state index contributed by atoms with van der Waals surface area (Å²) in [7, 11) is -3.83. The van der Waals surface area contributed by atoms with E-state index in [0.29, 0.717) is 31.3 Å². The summed E-state index contributed by atoms with van der Waals surface area (Å²) in [5, 5.41) is 20.8. The molecule has 0 unspecified atom stereocenters. The zero-order valence-electron chi connectivity index (χ0n) is 15.0. The molecule has 1 amide bonds. The van der Waals surface area contributed by atoms with Gasteiger partial charge in [0.2, 0.25) is 15.9 Å². The number of carbonyl (C=O) groups excluding carboxylic acids is 1. The molecule has 28 heavy (non-hydrogen) atoms. The Morgan fingerprint density at radius 2 is 1.75 bits per heavy atom.